The molecule has 1 aliphatic carbocycles. The van der Waals surface area contributed by atoms with Crippen LogP contribution in [0.4, 0.5) is 5.69 Å². The Balaban J connectivity index is 1.53. The zero-order valence-corrected chi connectivity index (χ0v) is 17.1. The SMILES string of the molecule is CC(C)Oc1nc2nc(C34COC(C)(C3)C4)cn2cc1C(=O)Nc1ccc[nH]c1=O. The van der Waals surface area contributed by atoms with Crippen molar-refractivity contribution in [2.75, 3.05) is 11.9 Å². The number of carbonyl (C=O) groups excluding carboxylic acids is 1. The maximum absolute atomic E-state index is 13.0. The van der Waals surface area contributed by atoms with Gasteiger partial charge in [0.05, 0.1) is 24.0 Å². The van der Waals surface area contributed by atoms with E-state index in [1.54, 1.807) is 16.7 Å². The van der Waals surface area contributed by atoms with Crippen LogP contribution in [0, 0.1) is 0 Å². The molecule has 6 rings (SSSR count). The number of ether oxygens (including phenoxy) is 2. The van der Waals surface area contributed by atoms with Crippen molar-refractivity contribution in [3.8, 4) is 5.88 Å². The number of imidazole rings is 1. The van der Waals surface area contributed by atoms with Crippen molar-refractivity contribution in [3.05, 3.63) is 52.3 Å². The fourth-order valence-electron chi connectivity index (χ4n) is 4.49. The number of H-pyrrole nitrogens is 1. The molecule has 1 saturated carbocycles. The fourth-order valence-corrected chi connectivity index (χ4v) is 4.49. The highest BCUT2D eigenvalue weighted by Crippen LogP contribution is 2.58. The summed E-state index contributed by atoms with van der Waals surface area (Å²) >= 11 is 0. The molecule has 2 saturated heterocycles. The Morgan fingerprint density at radius 3 is 2.80 bits per heavy atom. The van der Waals surface area contributed by atoms with Crippen LogP contribution < -0.4 is 15.6 Å². The van der Waals surface area contributed by atoms with Crippen molar-refractivity contribution >= 4 is 17.4 Å². The van der Waals surface area contributed by atoms with E-state index in [4.69, 9.17) is 14.5 Å². The molecule has 9 heteroatoms. The van der Waals surface area contributed by atoms with E-state index in [2.05, 4.69) is 22.2 Å². The summed E-state index contributed by atoms with van der Waals surface area (Å²) in [5.41, 5.74) is 0.772. The molecule has 2 aliphatic heterocycles. The summed E-state index contributed by atoms with van der Waals surface area (Å²) in [6.45, 7) is 6.48. The molecule has 30 heavy (non-hydrogen) atoms. The molecule has 3 fully saturated rings. The first-order valence-corrected chi connectivity index (χ1v) is 9.97. The van der Waals surface area contributed by atoms with E-state index in [1.807, 2.05) is 20.0 Å². The summed E-state index contributed by atoms with van der Waals surface area (Å²) in [5, 5.41) is 2.63. The lowest BCUT2D eigenvalue weighted by Crippen LogP contribution is -2.45. The number of anilines is 1. The van der Waals surface area contributed by atoms with E-state index in [0.29, 0.717) is 12.4 Å². The van der Waals surface area contributed by atoms with Gasteiger partial charge in [-0.25, -0.2) is 4.98 Å². The summed E-state index contributed by atoms with van der Waals surface area (Å²) in [4.78, 5) is 36.6. The first-order valence-electron chi connectivity index (χ1n) is 9.97. The second-order valence-corrected chi connectivity index (χ2v) is 8.70. The molecular weight excluding hydrogens is 386 g/mol. The lowest BCUT2D eigenvalue weighted by atomic mass is 9.62. The highest BCUT2D eigenvalue weighted by atomic mass is 16.5. The van der Waals surface area contributed by atoms with Gasteiger partial charge in [0.25, 0.3) is 11.5 Å². The highest BCUT2D eigenvalue weighted by Gasteiger charge is 2.61. The van der Waals surface area contributed by atoms with Gasteiger partial charge in [-0.1, -0.05) is 0 Å². The van der Waals surface area contributed by atoms with Gasteiger partial charge in [0, 0.05) is 24.0 Å². The lowest BCUT2D eigenvalue weighted by molar-refractivity contribution is 0.0154. The van der Waals surface area contributed by atoms with Crippen molar-refractivity contribution in [1.29, 1.82) is 0 Å². The van der Waals surface area contributed by atoms with Crippen LogP contribution in [0.15, 0.2) is 35.5 Å². The fraction of sp³-hybridized carbons (Fsp3) is 0.429. The van der Waals surface area contributed by atoms with Crippen molar-refractivity contribution in [2.45, 2.75) is 50.7 Å². The number of carbonyl (C=O) groups is 1. The van der Waals surface area contributed by atoms with Gasteiger partial charge >= 0.3 is 0 Å². The number of fused-ring (bicyclic) bond motifs is 2. The van der Waals surface area contributed by atoms with Gasteiger partial charge in [-0.2, -0.15) is 4.98 Å². The number of amides is 1. The Hall–Kier alpha value is -3.20. The quantitative estimate of drug-likeness (QED) is 0.669. The average Bonchev–Trinajstić information content (AvgIpc) is 3.33. The average molecular weight is 409 g/mol. The second-order valence-electron chi connectivity index (χ2n) is 8.70. The Bertz CT molecular complexity index is 1210. The van der Waals surface area contributed by atoms with Crippen LogP contribution in [0.1, 0.15) is 49.7 Å². The molecule has 0 aromatic carbocycles. The number of rotatable bonds is 5. The number of pyridine rings is 1. The number of nitrogens with one attached hydrogen (secondary N) is 2. The van der Waals surface area contributed by atoms with E-state index >= 15 is 0 Å². The van der Waals surface area contributed by atoms with Crippen LogP contribution in [-0.2, 0) is 10.2 Å². The summed E-state index contributed by atoms with van der Waals surface area (Å²) in [5.74, 6) is 0.161. The second kappa shape index (κ2) is 6.40. The minimum Gasteiger partial charge on any atom is -0.474 e. The third-order valence-electron chi connectivity index (χ3n) is 5.74. The minimum absolute atomic E-state index is 0.0526. The Morgan fingerprint density at radius 1 is 1.33 bits per heavy atom. The molecule has 3 aliphatic rings. The molecule has 0 spiro atoms. The molecule has 1 amide bonds. The largest absolute Gasteiger partial charge is 0.474 e. The van der Waals surface area contributed by atoms with Crippen LogP contribution in [0.25, 0.3) is 5.78 Å². The zero-order valence-electron chi connectivity index (χ0n) is 17.1. The van der Waals surface area contributed by atoms with Crippen LogP contribution in [0.5, 0.6) is 5.88 Å². The van der Waals surface area contributed by atoms with Crippen molar-refractivity contribution in [2.24, 2.45) is 0 Å². The summed E-state index contributed by atoms with van der Waals surface area (Å²) in [6, 6.07) is 3.18. The summed E-state index contributed by atoms with van der Waals surface area (Å²) in [7, 11) is 0. The van der Waals surface area contributed by atoms with E-state index in [-0.39, 0.29) is 39.8 Å². The number of hydrogen-bond acceptors (Lipinski definition) is 6. The van der Waals surface area contributed by atoms with Crippen LogP contribution in [0.2, 0.25) is 0 Å². The van der Waals surface area contributed by atoms with Crippen LogP contribution in [-0.4, -0.2) is 43.6 Å². The van der Waals surface area contributed by atoms with Gasteiger partial charge in [0.2, 0.25) is 11.7 Å². The molecule has 9 nitrogen and oxygen atoms in total. The molecule has 2 bridgehead atoms. The molecule has 156 valence electrons. The maximum atomic E-state index is 13.0. The number of hydrogen-bond donors (Lipinski definition) is 2. The minimum atomic E-state index is -0.481. The molecule has 5 heterocycles. The number of aromatic nitrogens is 4. The van der Waals surface area contributed by atoms with Crippen molar-refractivity contribution in [1.82, 2.24) is 19.4 Å². The van der Waals surface area contributed by atoms with Gasteiger partial charge in [0.1, 0.15) is 11.3 Å². The third kappa shape index (κ3) is 2.97. The summed E-state index contributed by atoms with van der Waals surface area (Å²) in [6.07, 6.45) is 6.74. The molecule has 3 aromatic heterocycles. The first-order chi connectivity index (χ1) is 14.3. The van der Waals surface area contributed by atoms with Crippen LogP contribution in [0.3, 0.4) is 0 Å². The third-order valence-corrected chi connectivity index (χ3v) is 5.74. The van der Waals surface area contributed by atoms with Crippen molar-refractivity contribution < 1.29 is 14.3 Å². The van der Waals surface area contributed by atoms with Crippen molar-refractivity contribution in [3.63, 3.8) is 0 Å². The van der Waals surface area contributed by atoms with Gasteiger partial charge in [0.15, 0.2) is 0 Å². The summed E-state index contributed by atoms with van der Waals surface area (Å²) < 4.78 is 13.4. The molecule has 0 atom stereocenters. The van der Waals surface area contributed by atoms with E-state index in [0.717, 1.165) is 18.5 Å². The monoisotopic (exact) mass is 409 g/mol. The van der Waals surface area contributed by atoms with Gasteiger partial charge < -0.3 is 19.8 Å². The molecule has 0 unspecified atom stereocenters. The Labute approximate surface area is 172 Å². The Kier molecular flexibility index (Phi) is 4.01. The van der Waals surface area contributed by atoms with E-state index < -0.39 is 5.91 Å². The molecule has 3 aromatic rings. The predicted octanol–water partition coefficient (Wildman–Crippen LogP) is 2.28. The van der Waals surface area contributed by atoms with Gasteiger partial charge in [-0.3, -0.25) is 14.0 Å². The number of aromatic amines is 1. The molecular formula is C21H23N5O4. The smallest absolute Gasteiger partial charge is 0.271 e. The Morgan fingerprint density at radius 2 is 2.13 bits per heavy atom. The first kappa shape index (κ1) is 18.8. The van der Waals surface area contributed by atoms with Gasteiger partial charge in [-0.15, -0.1) is 0 Å². The molecule has 0 radical (unpaired) electrons. The standard InChI is InChI=1S/C21H23N5O4/c1-12(2)30-18-13(16(27)23-14-5-4-6-22-17(14)28)7-26-8-15(24-19(26)25-18)21-9-20(3,10-21)29-11-21/h4-8,12H,9-11H2,1-3H3,(H,22,28)(H,23,27). The van der Waals surface area contributed by atoms with E-state index in [1.165, 1.54) is 12.3 Å². The molecule has 2 N–H and O–H groups in total. The zero-order chi connectivity index (χ0) is 21.1. The van der Waals surface area contributed by atoms with Gasteiger partial charge in [-0.05, 0) is 45.7 Å². The predicted molar refractivity (Wildman–Crippen MR) is 109 cm³/mol. The lowest BCUT2D eigenvalue weighted by Gasteiger charge is -2.41. The van der Waals surface area contributed by atoms with E-state index in [9.17, 15) is 9.59 Å². The highest BCUT2D eigenvalue weighted by molar-refractivity contribution is 6.05. The number of nitrogens with zero attached hydrogens (tertiary/aromatic N) is 3. The maximum Gasteiger partial charge on any atom is 0.271 e. The topological polar surface area (TPSA) is 111 Å². The van der Waals surface area contributed by atoms with Crippen LogP contribution >= 0.6 is 0 Å². The normalized spacial score (nSPS) is 24.8.